The van der Waals surface area contributed by atoms with Crippen LogP contribution in [0.2, 0.25) is 0 Å². The van der Waals surface area contributed by atoms with Gasteiger partial charge in [0.05, 0.1) is 0 Å². The van der Waals surface area contributed by atoms with E-state index < -0.39 is 0 Å². The van der Waals surface area contributed by atoms with E-state index in [-0.39, 0.29) is 0 Å². The summed E-state index contributed by atoms with van der Waals surface area (Å²) >= 11 is 1.61. The van der Waals surface area contributed by atoms with Gasteiger partial charge in [-0.2, -0.15) is 16.3 Å². The van der Waals surface area contributed by atoms with E-state index in [9.17, 15) is 0 Å². The van der Waals surface area contributed by atoms with E-state index in [0.29, 0.717) is 11.7 Å². The molecule has 3 aromatic heterocycles. The Labute approximate surface area is 125 Å². The zero-order valence-corrected chi connectivity index (χ0v) is 12.1. The summed E-state index contributed by atoms with van der Waals surface area (Å²) < 4.78 is 5.41. The Balaban J connectivity index is 1.73. The number of aromatic nitrogens is 4. The summed E-state index contributed by atoms with van der Waals surface area (Å²) in [4.78, 5) is 15.2. The van der Waals surface area contributed by atoms with Crippen molar-refractivity contribution in [3.63, 3.8) is 0 Å². The van der Waals surface area contributed by atoms with Gasteiger partial charge in [-0.3, -0.25) is 0 Å². The van der Waals surface area contributed by atoms with Gasteiger partial charge in [-0.05, 0) is 24.3 Å². The number of hydrogen-bond acceptors (Lipinski definition) is 7. The first-order valence-electron chi connectivity index (χ1n) is 6.83. The highest BCUT2D eigenvalue weighted by Crippen LogP contribution is 2.30. The number of rotatable bonds is 3. The summed E-state index contributed by atoms with van der Waals surface area (Å²) in [5, 5.41) is 8.04. The predicted molar refractivity (Wildman–Crippen MR) is 80.1 cm³/mol. The van der Waals surface area contributed by atoms with Crippen molar-refractivity contribution in [2.75, 3.05) is 18.0 Å². The minimum atomic E-state index is 0.471. The summed E-state index contributed by atoms with van der Waals surface area (Å²) in [5.74, 6) is 1.95. The third-order valence-electron chi connectivity index (χ3n) is 3.53. The van der Waals surface area contributed by atoms with Gasteiger partial charge in [0.1, 0.15) is 17.7 Å². The molecule has 0 aromatic carbocycles. The van der Waals surface area contributed by atoms with E-state index in [1.807, 2.05) is 16.8 Å². The highest BCUT2D eigenvalue weighted by molar-refractivity contribution is 7.08. The van der Waals surface area contributed by atoms with Crippen LogP contribution >= 0.6 is 11.3 Å². The molecule has 4 rings (SSSR count). The van der Waals surface area contributed by atoms with Crippen molar-refractivity contribution in [1.29, 1.82) is 0 Å². The molecule has 0 atom stereocenters. The molecule has 6 nitrogen and oxygen atoms in total. The highest BCUT2D eigenvalue weighted by Gasteiger charge is 2.21. The van der Waals surface area contributed by atoms with Crippen molar-refractivity contribution in [1.82, 2.24) is 20.1 Å². The van der Waals surface area contributed by atoms with Crippen molar-refractivity contribution in [3.05, 3.63) is 29.4 Å². The third kappa shape index (κ3) is 2.29. The largest absolute Gasteiger partial charge is 0.356 e. The molecule has 106 valence electrons. The van der Waals surface area contributed by atoms with Crippen LogP contribution in [0.4, 0.5) is 5.82 Å². The molecular weight excluding hydrogens is 286 g/mol. The van der Waals surface area contributed by atoms with Crippen molar-refractivity contribution in [2.45, 2.75) is 12.8 Å². The van der Waals surface area contributed by atoms with Gasteiger partial charge in [0.2, 0.25) is 5.82 Å². The second-order valence-corrected chi connectivity index (χ2v) is 5.67. The first-order valence-corrected chi connectivity index (χ1v) is 7.78. The third-order valence-corrected chi connectivity index (χ3v) is 4.22. The zero-order chi connectivity index (χ0) is 14.1. The fourth-order valence-electron chi connectivity index (χ4n) is 2.50. The van der Waals surface area contributed by atoms with Crippen LogP contribution in [0.15, 0.2) is 33.9 Å². The van der Waals surface area contributed by atoms with Crippen LogP contribution in [0.25, 0.3) is 22.8 Å². The first-order chi connectivity index (χ1) is 10.4. The van der Waals surface area contributed by atoms with Gasteiger partial charge < -0.3 is 9.42 Å². The average Bonchev–Trinajstić information content (AvgIpc) is 3.27. The number of hydrogen-bond donors (Lipinski definition) is 0. The number of nitrogens with zero attached hydrogens (tertiary/aromatic N) is 5. The molecule has 1 saturated heterocycles. The second-order valence-electron chi connectivity index (χ2n) is 4.89. The molecule has 1 aliphatic rings. The van der Waals surface area contributed by atoms with Crippen LogP contribution in [0.3, 0.4) is 0 Å². The lowest BCUT2D eigenvalue weighted by Gasteiger charge is -2.17. The molecule has 0 spiro atoms. The molecule has 3 aromatic rings. The van der Waals surface area contributed by atoms with Crippen LogP contribution in [0, 0.1) is 0 Å². The Kier molecular flexibility index (Phi) is 3.11. The summed E-state index contributed by atoms with van der Waals surface area (Å²) in [7, 11) is 0. The summed E-state index contributed by atoms with van der Waals surface area (Å²) in [5.41, 5.74) is 1.77. The molecule has 0 amide bonds. The normalized spacial score (nSPS) is 14.8. The fourth-order valence-corrected chi connectivity index (χ4v) is 3.13. The van der Waals surface area contributed by atoms with E-state index in [1.165, 1.54) is 12.8 Å². The lowest BCUT2D eigenvalue weighted by Crippen LogP contribution is -2.20. The van der Waals surface area contributed by atoms with E-state index in [4.69, 9.17) is 4.52 Å². The average molecular weight is 299 g/mol. The molecule has 1 fully saturated rings. The van der Waals surface area contributed by atoms with E-state index >= 15 is 0 Å². The standard InChI is InChI=1S/C14H13N5OS/c1-2-5-19(4-1)13-11(7-15-9-16-13)14-17-12(18-20-14)10-3-6-21-8-10/h3,6-9H,1-2,4-5H2. The van der Waals surface area contributed by atoms with Crippen molar-refractivity contribution >= 4 is 17.2 Å². The molecule has 21 heavy (non-hydrogen) atoms. The molecule has 7 heteroatoms. The Morgan fingerprint density at radius 2 is 2.14 bits per heavy atom. The van der Waals surface area contributed by atoms with Gasteiger partial charge in [0.15, 0.2) is 0 Å². The fraction of sp³-hybridized carbons (Fsp3) is 0.286. The van der Waals surface area contributed by atoms with Crippen molar-refractivity contribution in [2.24, 2.45) is 0 Å². The van der Waals surface area contributed by atoms with Gasteiger partial charge >= 0.3 is 0 Å². The summed E-state index contributed by atoms with van der Waals surface area (Å²) in [6.45, 7) is 2.02. The SMILES string of the molecule is c1ncc(-c2nc(-c3ccsc3)no2)c(N2CCCC2)n1. The molecule has 0 N–H and O–H groups in total. The first kappa shape index (κ1) is 12.5. The van der Waals surface area contributed by atoms with Crippen LogP contribution in [0.5, 0.6) is 0 Å². The van der Waals surface area contributed by atoms with Crippen LogP contribution in [0.1, 0.15) is 12.8 Å². The van der Waals surface area contributed by atoms with Gasteiger partial charge in [-0.1, -0.05) is 5.16 Å². The molecule has 0 bridgehead atoms. The van der Waals surface area contributed by atoms with Crippen LogP contribution < -0.4 is 4.90 Å². The van der Waals surface area contributed by atoms with Crippen LogP contribution in [-0.2, 0) is 0 Å². The van der Waals surface area contributed by atoms with E-state index in [2.05, 4.69) is 25.0 Å². The topological polar surface area (TPSA) is 67.9 Å². The van der Waals surface area contributed by atoms with E-state index in [1.54, 1.807) is 23.9 Å². The predicted octanol–water partition coefficient (Wildman–Crippen LogP) is 2.86. The summed E-state index contributed by atoms with van der Waals surface area (Å²) in [6.07, 6.45) is 5.68. The maximum atomic E-state index is 5.41. The van der Waals surface area contributed by atoms with Gasteiger partial charge in [0.25, 0.3) is 5.89 Å². The molecule has 4 heterocycles. The quantitative estimate of drug-likeness (QED) is 0.741. The molecule has 0 saturated carbocycles. The molecule has 0 radical (unpaired) electrons. The molecule has 1 aliphatic heterocycles. The Morgan fingerprint density at radius 1 is 1.24 bits per heavy atom. The number of anilines is 1. The van der Waals surface area contributed by atoms with E-state index in [0.717, 1.165) is 30.0 Å². The Morgan fingerprint density at radius 3 is 2.95 bits per heavy atom. The minimum Gasteiger partial charge on any atom is -0.356 e. The number of thiophene rings is 1. The Bertz CT molecular complexity index is 733. The monoisotopic (exact) mass is 299 g/mol. The van der Waals surface area contributed by atoms with Crippen LogP contribution in [-0.4, -0.2) is 33.2 Å². The lowest BCUT2D eigenvalue weighted by molar-refractivity contribution is 0.432. The smallest absolute Gasteiger partial charge is 0.263 e. The van der Waals surface area contributed by atoms with Gasteiger partial charge in [-0.15, -0.1) is 0 Å². The molecular formula is C14H13N5OS. The minimum absolute atomic E-state index is 0.471. The maximum Gasteiger partial charge on any atom is 0.263 e. The maximum absolute atomic E-state index is 5.41. The van der Waals surface area contributed by atoms with Gasteiger partial charge in [0, 0.05) is 30.2 Å². The van der Waals surface area contributed by atoms with Crippen molar-refractivity contribution in [3.8, 4) is 22.8 Å². The molecule has 0 aliphatic carbocycles. The lowest BCUT2D eigenvalue weighted by atomic mass is 10.3. The van der Waals surface area contributed by atoms with Gasteiger partial charge in [-0.25, -0.2) is 9.97 Å². The zero-order valence-electron chi connectivity index (χ0n) is 11.3. The summed E-state index contributed by atoms with van der Waals surface area (Å²) in [6, 6.07) is 1.97. The van der Waals surface area contributed by atoms with Crippen molar-refractivity contribution < 1.29 is 4.52 Å². The second kappa shape index (κ2) is 5.25. The highest BCUT2D eigenvalue weighted by atomic mass is 32.1. The molecule has 0 unspecified atom stereocenters. The Hall–Kier alpha value is -2.28.